The van der Waals surface area contributed by atoms with Crippen LogP contribution in [0.5, 0.6) is 0 Å². The van der Waals surface area contributed by atoms with Crippen LogP contribution in [0.3, 0.4) is 0 Å². The molecule has 0 amide bonds. The Balaban J connectivity index is 0. The van der Waals surface area contributed by atoms with Gasteiger partial charge in [-0.1, -0.05) is 0 Å². The molecule has 0 aliphatic rings. The first-order chi connectivity index (χ1) is 16.2. The van der Waals surface area contributed by atoms with Gasteiger partial charge in [-0.2, -0.15) is 101 Å². The molecule has 0 saturated heterocycles. The van der Waals surface area contributed by atoms with Crippen molar-refractivity contribution >= 4 is 10.1 Å². The van der Waals surface area contributed by atoms with Gasteiger partial charge in [0.25, 0.3) is 0 Å². The van der Waals surface area contributed by atoms with Gasteiger partial charge in [-0.05, 0) is 0 Å². The number of hydrogen-bond donors (Lipinski definition) is 0. The van der Waals surface area contributed by atoms with Crippen molar-refractivity contribution in [3.63, 3.8) is 0 Å². The van der Waals surface area contributed by atoms with Gasteiger partial charge in [0.2, 0.25) is 0 Å². The predicted molar refractivity (Wildman–Crippen MR) is 66.3 cm³/mol. The topological polar surface area (TPSA) is 66.4 Å². The second-order valence-corrected chi connectivity index (χ2v) is 8.11. The van der Waals surface area contributed by atoms with E-state index in [1.165, 1.54) is 0 Å². The summed E-state index contributed by atoms with van der Waals surface area (Å²) in [6, 6.07) is 0. The van der Waals surface area contributed by atoms with E-state index >= 15 is 0 Å². The van der Waals surface area contributed by atoms with E-state index in [1.54, 1.807) is 0 Å². The SMILES string of the molecule is O=S(=O)([O-])C(OC(F)(F)C(F)(F)F)(C(F)(F)C(F)(F)F)C(F)(F)C(F)(F)C(F)(F)C(F)(F)C(F)(F)C(F)(F)F.[Na+]. The maximum atomic E-state index is 14.2. The summed E-state index contributed by atoms with van der Waals surface area (Å²) in [6.07, 6.45) is -33.6. The fraction of sp³-hybridized carbons (Fsp3) is 1.00. The van der Waals surface area contributed by atoms with Crippen molar-refractivity contribution in [3.8, 4) is 0 Å². The first kappa shape index (κ1) is 41.4. The van der Waals surface area contributed by atoms with E-state index in [0.29, 0.717) is 0 Å². The van der Waals surface area contributed by atoms with Crippen LogP contribution in [0.15, 0.2) is 0 Å². The van der Waals surface area contributed by atoms with Gasteiger partial charge in [-0.15, -0.1) is 0 Å². The van der Waals surface area contributed by atoms with Gasteiger partial charge in [0.15, 0.2) is 0 Å². The van der Waals surface area contributed by atoms with Crippen LogP contribution in [0.2, 0.25) is 0 Å². The molecule has 40 heavy (non-hydrogen) atoms. The van der Waals surface area contributed by atoms with E-state index in [9.17, 15) is 114 Å². The number of alkyl halides is 23. The maximum Gasteiger partial charge on any atom is 1.00 e. The van der Waals surface area contributed by atoms with Crippen molar-refractivity contribution in [1.82, 2.24) is 0 Å². The smallest absolute Gasteiger partial charge is 0.745 e. The maximum absolute atomic E-state index is 14.2. The van der Waals surface area contributed by atoms with Gasteiger partial charge in [0.05, 0.1) is 0 Å². The van der Waals surface area contributed by atoms with Gasteiger partial charge < -0.3 is 4.55 Å². The molecule has 0 rings (SSSR count). The largest absolute Gasteiger partial charge is 1.00 e. The Hall–Kier alpha value is -0.740. The average molecular weight is 688 g/mol. The van der Waals surface area contributed by atoms with Gasteiger partial charge in [0, 0.05) is 0 Å². The molecule has 4 nitrogen and oxygen atoms in total. The molecular weight excluding hydrogens is 688 g/mol. The van der Waals surface area contributed by atoms with Crippen molar-refractivity contribution in [2.45, 2.75) is 65.1 Å². The molecule has 0 radical (unpaired) electrons. The molecule has 0 N–H and O–H groups in total. The van der Waals surface area contributed by atoms with Crippen LogP contribution in [-0.4, -0.2) is 78.1 Å². The quantitative estimate of drug-likeness (QED) is 0.212. The monoisotopic (exact) mass is 688 g/mol. The van der Waals surface area contributed by atoms with E-state index in [2.05, 4.69) is 0 Å². The zero-order valence-corrected chi connectivity index (χ0v) is 20.1. The first-order valence-corrected chi connectivity index (χ1v) is 9.12. The zero-order valence-electron chi connectivity index (χ0n) is 17.2. The van der Waals surface area contributed by atoms with E-state index in [-0.39, 0.29) is 29.6 Å². The summed E-state index contributed by atoms with van der Waals surface area (Å²) in [4.78, 5) is -9.42. The molecule has 0 aliphatic heterocycles. The molecule has 0 aromatic heterocycles. The summed E-state index contributed by atoms with van der Waals surface area (Å²) in [7, 11) is -9.71. The standard InChI is InChI=1S/C11HF23O4S.Na/c12-1(13,3(16,17)5(20,21)8(24,25)26)2(14,15)4(18,19)7(39(35,36)37,6(22,23)9(27,28)29)38-11(33,34)10(30,31)32;/h(H,35,36,37);/q;+1/p-1. The summed E-state index contributed by atoms with van der Waals surface area (Å²) in [6.45, 7) is 0. The predicted octanol–water partition coefficient (Wildman–Crippen LogP) is 3.34. The Labute approximate surface area is 223 Å². The molecule has 0 heterocycles. The molecule has 0 spiro atoms. The second kappa shape index (κ2) is 10.2. The molecule has 236 valence electrons. The van der Waals surface area contributed by atoms with Crippen molar-refractivity contribution in [2.24, 2.45) is 0 Å². The molecule has 0 aromatic rings. The number of ether oxygens (including phenoxy) is 1. The molecule has 0 fully saturated rings. The van der Waals surface area contributed by atoms with Crippen LogP contribution in [0.4, 0.5) is 101 Å². The number of hydrogen-bond acceptors (Lipinski definition) is 4. The van der Waals surface area contributed by atoms with Gasteiger partial charge in [0.1, 0.15) is 10.1 Å². The normalized spacial score (nSPS) is 17.8. The Morgan fingerprint density at radius 1 is 0.400 bits per heavy atom. The van der Waals surface area contributed by atoms with Crippen LogP contribution in [0, 0.1) is 0 Å². The first-order valence-electron chi connectivity index (χ1n) is 7.71. The van der Waals surface area contributed by atoms with Crippen LogP contribution >= 0.6 is 0 Å². The van der Waals surface area contributed by atoms with E-state index in [0.717, 1.165) is 4.74 Å². The Morgan fingerprint density at radius 2 is 0.650 bits per heavy atom. The molecular formula is C11F23NaO4S. The summed E-state index contributed by atoms with van der Waals surface area (Å²) in [5, 5.41) is 0. The van der Waals surface area contributed by atoms with Crippen molar-refractivity contribution in [3.05, 3.63) is 0 Å². The minimum absolute atomic E-state index is 0. The zero-order chi connectivity index (χ0) is 32.7. The molecule has 1 unspecified atom stereocenters. The van der Waals surface area contributed by atoms with Crippen LogP contribution < -0.4 is 29.6 Å². The summed E-state index contributed by atoms with van der Waals surface area (Å²) < 4.78 is 332. The van der Waals surface area contributed by atoms with E-state index < -0.39 is 75.2 Å². The number of rotatable bonds is 9. The van der Waals surface area contributed by atoms with Gasteiger partial charge >= 0.3 is 94.7 Å². The average Bonchev–Trinajstić information content (AvgIpc) is 2.61. The Kier molecular flexibility index (Phi) is 10.5. The molecule has 0 aliphatic carbocycles. The fourth-order valence-electron chi connectivity index (χ4n) is 2.09. The van der Waals surface area contributed by atoms with Crippen molar-refractivity contribution < 1.29 is 148 Å². The minimum Gasteiger partial charge on any atom is -0.745 e. The van der Waals surface area contributed by atoms with Crippen molar-refractivity contribution in [2.75, 3.05) is 0 Å². The van der Waals surface area contributed by atoms with Crippen molar-refractivity contribution in [1.29, 1.82) is 0 Å². The molecule has 29 heteroatoms. The van der Waals surface area contributed by atoms with Crippen LogP contribution in [-0.2, 0) is 14.9 Å². The molecule has 0 bridgehead atoms. The van der Waals surface area contributed by atoms with E-state index in [1.807, 2.05) is 0 Å². The Morgan fingerprint density at radius 3 is 0.875 bits per heavy atom. The summed E-state index contributed by atoms with van der Waals surface area (Å²) in [5.74, 6) is -56.4. The van der Waals surface area contributed by atoms with Crippen LogP contribution in [0.1, 0.15) is 0 Å². The van der Waals surface area contributed by atoms with Gasteiger partial charge in [-0.3, -0.25) is 4.74 Å². The Bertz CT molecular complexity index is 1020. The third kappa shape index (κ3) is 5.40. The summed E-state index contributed by atoms with van der Waals surface area (Å²) in [5.41, 5.74) is 0. The number of halogens is 23. The second-order valence-electron chi connectivity index (χ2n) is 6.63. The van der Waals surface area contributed by atoms with Crippen LogP contribution in [0.25, 0.3) is 0 Å². The summed E-state index contributed by atoms with van der Waals surface area (Å²) >= 11 is 0. The third-order valence-corrected chi connectivity index (χ3v) is 5.37. The third-order valence-electron chi connectivity index (χ3n) is 4.07. The minimum atomic E-state index is -9.84. The molecule has 0 saturated carbocycles. The fourth-order valence-corrected chi connectivity index (χ4v) is 3.17. The van der Waals surface area contributed by atoms with E-state index in [4.69, 9.17) is 0 Å². The van der Waals surface area contributed by atoms with Gasteiger partial charge in [-0.25, -0.2) is 8.42 Å². The molecule has 0 aromatic carbocycles. The molecule has 1 atom stereocenters.